The van der Waals surface area contributed by atoms with Crippen molar-refractivity contribution in [3.8, 4) is 6.07 Å². The van der Waals surface area contributed by atoms with E-state index in [9.17, 15) is 15.0 Å². The van der Waals surface area contributed by atoms with Gasteiger partial charge in [-0.25, -0.2) is 4.90 Å². The molecule has 1 aromatic carbocycles. The van der Waals surface area contributed by atoms with E-state index in [4.69, 9.17) is 11.6 Å². The Kier molecular flexibility index (Phi) is 6.31. The highest BCUT2D eigenvalue weighted by Crippen LogP contribution is 2.45. The van der Waals surface area contributed by atoms with Gasteiger partial charge >= 0.3 is 0 Å². The molecule has 2 aliphatic heterocycles. The highest BCUT2D eigenvalue weighted by molar-refractivity contribution is 6.31. The number of amides is 1. The summed E-state index contributed by atoms with van der Waals surface area (Å²) in [5.74, 6) is -0.298. The maximum absolute atomic E-state index is 13.6. The third-order valence-corrected chi connectivity index (χ3v) is 7.26. The summed E-state index contributed by atoms with van der Waals surface area (Å²) in [6.45, 7) is 6.29. The average molecular weight is 446 g/mol. The lowest BCUT2D eigenvalue weighted by Gasteiger charge is -2.40. The standard InChI is InChI=1S/C22H29ClN6O2/c1-15-3-4-16(11-18(15)23)19-25-12-17(13-26-21(30)22(14-24)5-6-22)20(29(19)31)28-9-7-27(2)8-10-28/h3-4,11,17,19-20,25H,5-10,12-13H2,1-2H3/p+1. The predicted molar refractivity (Wildman–Crippen MR) is 117 cm³/mol. The number of carbonyl (C=O) groups excluding carboxylic acids is 1. The minimum atomic E-state index is -0.857. The number of hydrogen-bond acceptors (Lipinski definition) is 6. The number of carbonyl (C=O) groups is 1. The third kappa shape index (κ3) is 4.46. The Balaban J connectivity index is 1.52. The number of rotatable bonds is 5. The number of likely N-dealkylation sites (N-methyl/N-ethyl adjacent to an activating group) is 1. The van der Waals surface area contributed by atoms with Crippen molar-refractivity contribution in [3.05, 3.63) is 39.3 Å². The average Bonchev–Trinajstić information content (AvgIpc) is 3.56. The summed E-state index contributed by atoms with van der Waals surface area (Å²) in [5, 5.41) is 16.2. The molecular weight excluding hydrogens is 416 g/mol. The normalized spacial score (nSPS) is 28.7. The molecule has 3 atom stereocenters. The van der Waals surface area contributed by atoms with E-state index in [1.54, 1.807) is 0 Å². The van der Waals surface area contributed by atoms with E-state index in [0.717, 1.165) is 42.1 Å². The van der Waals surface area contributed by atoms with Gasteiger partial charge in [0.25, 0.3) is 12.3 Å². The van der Waals surface area contributed by atoms with E-state index >= 15 is 0 Å². The molecule has 3 unspecified atom stereocenters. The van der Waals surface area contributed by atoms with Gasteiger partial charge < -0.3 is 10.2 Å². The van der Waals surface area contributed by atoms with Gasteiger partial charge in [0.05, 0.1) is 12.0 Å². The fraction of sp³-hybridized carbons (Fsp3) is 0.636. The third-order valence-electron chi connectivity index (χ3n) is 6.86. The lowest BCUT2D eigenvalue weighted by molar-refractivity contribution is -0.670. The molecule has 31 heavy (non-hydrogen) atoms. The number of nitroso groups, excluding NO2 is 1. The first-order chi connectivity index (χ1) is 14.8. The first-order valence-electron chi connectivity index (χ1n) is 10.9. The van der Waals surface area contributed by atoms with Gasteiger partial charge in [0, 0.05) is 59.5 Å². The number of piperazine rings is 1. The SMILES string of the molecule is Cc1ccc(C2NCC(CNC(=O)C3(C#N)CC3)C(N3CCN(C)CC3)[N+]2=O)cc1Cl. The minimum Gasteiger partial charge on any atom is -0.354 e. The van der Waals surface area contributed by atoms with Crippen LogP contribution >= 0.6 is 11.6 Å². The highest BCUT2D eigenvalue weighted by atomic mass is 35.5. The van der Waals surface area contributed by atoms with E-state index in [1.165, 1.54) is 0 Å². The molecule has 1 amide bonds. The van der Waals surface area contributed by atoms with Gasteiger partial charge in [0.1, 0.15) is 5.41 Å². The predicted octanol–water partition coefficient (Wildman–Crippen LogP) is 1.64. The van der Waals surface area contributed by atoms with Crippen molar-refractivity contribution in [2.24, 2.45) is 11.3 Å². The van der Waals surface area contributed by atoms with Crippen LogP contribution in [0.4, 0.5) is 0 Å². The van der Waals surface area contributed by atoms with Gasteiger partial charge in [-0.2, -0.15) is 5.26 Å². The van der Waals surface area contributed by atoms with Gasteiger partial charge in [-0.05, 0) is 38.4 Å². The smallest absolute Gasteiger partial charge is 0.282 e. The van der Waals surface area contributed by atoms with Gasteiger partial charge in [0.15, 0.2) is 0 Å². The summed E-state index contributed by atoms with van der Waals surface area (Å²) >= 11 is 6.32. The van der Waals surface area contributed by atoms with Crippen LogP contribution in [0.3, 0.4) is 0 Å². The molecule has 4 rings (SSSR count). The Morgan fingerprint density at radius 3 is 2.68 bits per heavy atom. The van der Waals surface area contributed by atoms with E-state index in [1.807, 2.05) is 25.1 Å². The van der Waals surface area contributed by atoms with E-state index in [2.05, 4.69) is 33.6 Å². The van der Waals surface area contributed by atoms with Gasteiger partial charge in [-0.15, -0.1) is 0 Å². The summed E-state index contributed by atoms with van der Waals surface area (Å²) in [6, 6.07) is 7.86. The van der Waals surface area contributed by atoms with E-state index in [0.29, 0.717) is 31.0 Å². The molecule has 2 heterocycles. The van der Waals surface area contributed by atoms with Crippen molar-refractivity contribution < 1.29 is 9.55 Å². The maximum atomic E-state index is 13.6. The van der Waals surface area contributed by atoms with E-state index < -0.39 is 11.6 Å². The summed E-state index contributed by atoms with van der Waals surface area (Å²) in [6.07, 6.45) is 0.370. The van der Waals surface area contributed by atoms with Gasteiger partial charge in [0.2, 0.25) is 5.91 Å². The fourth-order valence-electron chi connectivity index (χ4n) is 4.49. The molecule has 1 saturated carbocycles. The molecule has 3 fully saturated rings. The minimum absolute atomic E-state index is 0.0866. The van der Waals surface area contributed by atoms with Crippen molar-refractivity contribution in [2.75, 3.05) is 46.3 Å². The molecule has 9 heteroatoms. The number of aryl methyl sites for hydroxylation is 1. The van der Waals surface area contributed by atoms with Crippen LogP contribution in [0, 0.1) is 34.5 Å². The quantitative estimate of drug-likeness (QED) is 0.669. The number of nitrogens with one attached hydrogen (secondary N) is 2. The largest absolute Gasteiger partial charge is 0.354 e. The second kappa shape index (κ2) is 8.83. The number of halogens is 1. The summed E-state index contributed by atoms with van der Waals surface area (Å²) < 4.78 is 1.13. The second-order valence-electron chi connectivity index (χ2n) is 9.10. The molecule has 0 bridgehead atoms. The number of nitrogens with zero attached hydrogens (tertiary/aromatic N) is 4. The Labute approximate surface area is 188 Å². The molecule has 1 aromatic rings. The Bertz CT molecular complexity index is 904. The molecule has 3 aliphatic rings. The zero-order chi connectivity index (χ0) is 22.2. The van der Waals surface area contributed by atoms with Gasteiger partial charge in [-0.1, -0.05) is 23.7 Å². The zero-order valence-electron chi connectivity index (χ0n) is 18.1. The molecule has 1 aliphatic carbocycles. The number of nitriles is 1. The topological polar surface area (TPSA) is 91.5 Å². The highest BCUT2D eigenvalue weighted by Gasteiger charge is 2.52. The Morgan fingerprint density at radius 1 is 1.35 bits per heavy atom. The molecule has 0 radical (unpaired) electrons. The van der Waals surface area contributed by atoms with Crippen LogP contribution in [0.5, 0.6) is 0 Å². The second-order valence-corrected chi connectivity index (χ2v) is 9.50. The molecule has 2 N–H and O–H groups in total. The van der Waals surface area contributed by atoms with Crippen molar-refractivity contribution in [3.63, 3.8) is 0 Å². The summed E-state index contributed by atoms with van der Waals surface area (Å²) in [7, 11) is 2.08. The molecule has 2 saturated heterocycles. The van der Waals surface area contributed by atoms with Crippen LogP contribution in [0.15, 0.2) is 18.2 Å². The van der Waals surface area contributed by atoms with Gasteiger partial charge in [-0.3, -0.25) is 10.1 Å². The maximum Gasteiger partial charge on any atom is 0.282 e. The van der Waals surface area contributed by atoms with Crippen molar-refractivity contribution in [1.29, 1.82) is 5.26 Å². The monoisotopic (exact) mass is 445 g/mol. The van der Waals surface area contributed by atoms with Crippen LogP contribution in [-0.2, 0) is 4.79 Å². The van der Waals surface area contributed by atoms with Crippen LogP contribution in [0.1, 0.15) is 30.1 Å². The van der Waals surface area contributed by atoms with Crippen molar-refractivity contribution in [2.45, 2.75) is 32.1 Å². The van der Waals surface area contributed by atoms with Crippen LogP contribution in [0.2, 0.25) is 5.02 Å². The van der Waals surface area contributed by atoms with Crippen LogP contribution in [0.25, 0.3) is 0 Å². The fourth-order valence-corrected chi connectivity index (χ4v) is 4.68. The lowest BCUT2D eigenvalue weighted by Crippen LogP contribution is -2.63. The Hall–Kier alpha value is -2.05. The number of hydrogen-bond donors (Lipinski definition) is 2. The first-order valence-corrected chi connectivity index (χ1v) is 11.3. The first kappa shape index (κ1) is 22.2. The Morgan fingerprint density at radius 2 is 2.06 bits per heavy atom. The zero-order valence-corrected chi connectivity index (χ0v) is 18.9. The molecule has 166 valence electrons. The number of benzene rings is 1. The van der Waals surface area contributed by atoms with Crippen molar-refractivity contribution in [1.82, 2.24) is 20.4 Å². The van der Waals surface area contributed by atoms with Crippen LogP contribution in [-0.4, -0.2) is 72.9 Å². The van der Waals surface area contributed by atoms with Crippen LogP contribution < -0.4 is 10.6 Å². The lowest BCUT2D eigenvalue weighted by atomic mass is 9.97. The summed E-state index contributed by atoms with van der Waals surface area (Å²) in [4.78, 5) is 30.6. The molecule has 0 spiro atoms. The molecule has 8 nitrogen and oxygen atoms in total. The summed E-state index contributed by atoms with van der Waals surface area (Å²) in [5.41, 5.74) is 0.957. The van der Waals surface area contributed by atoms with E-state index in [-0.39, 0.29) is 18.0 Å². The van der Waals surface area contributed by atoms with Crippen molar-refractivity contribution >= 4 is 17.5 Å². The molecule has 0 aromatic heterocycles. The molecular formula is C22H30ClN6O2+.